The normalized spacial score (nSPS) is 33.1. The molecule has 0 N–H and O–H groups in total. The Morgan fingerprint density at radius 2 is 2.18 bits per heavy atom. The van der Waals surface area contributed by atoms with E-state index >= 15 is 0 Å². The summed E-state index contributed by atoms with van der Waals surface area (Å²) in [7, 11) is 0. The average molecular weight is 236 g/mol. The maximum Gasteiger partial charge on any atom is 0.0809 e. The highest BCUT2D eigenvalue weighted by Gasteiger charge is 2.46. The van der Waals surface area contributed by atoms with Crippen molar-refractivity contribution in [2.45, 2.75) is 39.2 Å². The third-order valence-corrected chi connectivity index (χ3v) is 4.69. The van der Waals surface area contributed by atoms with E-state index in [2.05, 4.69) is 31.7 Å². The van der Waals surface area contributed by atoms with E-state index in [1.165, 1.54) is 6.42 Å². The molecule has 0 aromatic carbocycles. The summed E-state index contributed by atoms with van der Waals surface area (Å²) in [5, 5.41) is 8.99. The Labute approximate surface area is 105 Å². The zero-order chi connectivity index (χ0) is 12.5. The SMILES string of the molecule is CC(C)C1CN(C2(CC#N)COC2)CCC1C. The van der Waals surface area contributed by atoms with Gasteiger partial charge in [0.15, 0.2) is 0 Å². The first-order valence-corrected chi connectivity index (χ1v) is 6.79. The lowest BCUT2D eigenvalue weighted by Gasteiger charge is -2.53. The zero-order valence-electron chi connectivity index (χ0n) is 11.3. The molecule has 3 nitrogen and oxygen atoms in total. The van der Waals surface area contributed by atoms with Gasteiger partial charge in [0.1, 0.15) is 0 Å². The van der Waals surface area contributed by atoms with E-state index in [0.29, 0.717) is 6.42 Å². The molecule has 3 heteroatoms. The smallest absolute Gasteiger partial charge is 0.0809 e. The molecule has 0 saturated carbocycles. The van der Waals surface area contributed by atoms with Crippen LogP contribution in [0.5, 0.6) is 0 Å². The number of nitrogens with zero attached hydrogens (tertiary/aromatic N) is 2. The quantitative estimate of drug-likeness (QED) is 0.754. The summed E-state index contributed by atoms with van der Waals surface area (Å²) in [5.41, 5.74) is 0.0437. The first-order chi connectivity index (χ1) is 8.09. The van der Waals surface area contributed by atoms with Gasteiger partial charge in [0.25, 0.3) is 0 Å². The number of hydrogen-bond acceptors (Lipinski definition) is 3. The molecule has 17 heavy (non-hydrogen) atoms. The average Bonchev–Trinajstić information content (AvgIpc) is 2.24. The molecule has 0 spiro atoms. The standard InChI is InChI=1S/C14H24N2O/c1-11(2)13-8-16(7-4-12(13)3)14(5-6-15)9-17-10-14/h11-13H,4-5,7-10H2,1-3H3. The molecule has 0 amide bonds. The van der Waals surface area contributed by atoms with E-state index in [1.807, 2.05) is 0 Å². The van der Waals surface area contributed by atoms with Crippen molar-refractivity contribution in [3.8, 4) is 6.07 Å². The van der Waals surface area contributed by atoms with Gasteiger partial charge in [-0.25, -0.2) is 0 Å². The first-order valence-electron chi connectivity index (χ1n) is 6.79. The molecule has 2 heterocycles. The van der Waals surface area contributed by atoms with Crippen LogP contribution in [-0.4, -0.2) is 36.7 Å². The van der Waals surface area contributed by atoms with E-state index in [0.717, 1.165) is 44.1 Å². The first kappa shape index (κ1) is 12.9. The minimum Gasteiger partial charge on any atom is -0.377 e. The van der Waals surface area contributed by atoms with Crippen LogP contribution >= 0.6 is 0 Å². The summed E-state index contributed by atoms with van der Waals surface area (Å²) in [6.45, 7) is 10.8. The van der Waals surface area contributed by atoms with Gasteiger partial charge in [0, 0.05) is 6.54 Å². The van der Waals surface area contributed by atoms with E-state index in [9.17, 15) is 0 Å². The van der Waals surface area contributed by atoms with Crippen LogP contribution in [0.2, 0.25) is 0 Å². The maximum atomic E-state index is 8.99. The highest BCUT2D eigenvalue weighted by atomic mass is 16.5. The number of nitriles is 1. The summed E-state index contributed by atoms with van der Waals surface area (Å²) >= 11 is 0. The summed E-state index contributed by atoms with van der Waals surface area (Å²) in [6.07, 6.45) is 1.88. The van der Waals surface area contributed by atoms with Gasteiger partial charge in [-0.1, -0.05) is 20.8 Å². The molecule has 96 valence electrons. The fourth-order valence-corrected chi connectivity index (χ4v) is 3.28. The molecule has 2 saturated heterocycles. The minimum atomic E-state index is 0.0437. The van der Waals surface area contributed by atoms with E-state index in [-0.39, 0.29) is 5.54 Å². The second kappa shape index (κ2) is 4.96. The molecular weight excluding hydrogens is 212 g/mol. The van der Waals surface area contributed by atoms with Crippen LogP contribution in [0.1, 0.15) is 33.6 Å². The number of hydrogen-bond donors (Lipinski definition) is 0. The maximum absolute atomic E-state index is 8.99. The molecule has 2 rings (SSSR count). The van der Waals surface area contributed by atoms with Crippen molar-refractivity contribution >= 4 is 0 Å². The summed E-state index contributed by atoms with van der Waals surface area (Å²) in [5.74, 6) is 2.30. The number of likely N-dealkylation sites (tertiary alicyclic amines) is 1. The molecule has 0 aromatic heterocycles. The second-order valence-corrected chi connectivity index (χ2v) is 6.17. The van der Waals surface area contributed by atoms with Gasteiger partial charge >= 0.3 is 0 Å². The minimum absolute atomic E-state index is 0.0437. The predicted molar refractivity (Wildman–Crippen MR) is 67.5 cm³/mol. The van der Waals surface area contributed by atoms with E-state index in [1.54, 1.807) is 0 Å². The van der Waals surface area contributed by atoms with Gasteiger partial charge in [-0.15, -0.1) is 0 Å². The second-order valence-electron chi connectivity index (χ2n) is 6.17. The van der Waals surface area contributed by atoms with Crippen molar-refractivity contribution in [1.29, 1.82) is 5.26 Å². The largest absolute Gasteiger partial charge is 0.377 e. The molecule has 0 aliphatic carbocycles. The lowest BCUT2D eigenvalue weighted by Crippen LogP contribution is -2.65. The molecule has 0 aromatic rings. The van der Waals surface area contributed by atoms with Gasteiger partial charge in [-0.3, -0.25) is 4.90 Å². The Kier molecular flexibility index (Phi) is 3.75. The van der Waals surface area contributed by atoms with Crippen molar-refractivity contribution in [2.75, 3.05) is 26.3 Å². The molecule has 0 bridgehead atoms. The predicted octanol–water partition coefficient (Wildman–Crippen LogP) is 2.28. The highest BCUT2D eigenvalue weighted by Crippen LogP contribution is 2.36. The molecule has 2 unspecified atom stereocenters. The highest BCUT2D eigenvalue weighted by molar-refractivity contribution is 5.04. The fraction of sp³-hybridized carbons (Fsp3) is 0.929. The van der Waals surface area contributed by atoms with E-state index in [4.69, 9.17) is 10.00 Å². The number of ether oxygens (including phenoxy) is 1. The van der Waals surface area contributed by atoms with Crippen LogP contribution < -0.4 is 0 Å². The topological polar surface area (TPSA) is 36.3 Å². The van der Waals surface area contributed by atoms with Crippen molar-refractivity contribution in [1.82, 2.24) is 4.90 Å². The summed E-state index contributed by atoms with van der Waals surface area (Å²) in [6, 6.07) is 2.34. The van der Waals surface area contributed by atoms with Gasteiger partial charge in [-0.2, -0.15) is 5.26 Å². The van der Waals surface area contributed by atoms with Crippen LogP contribution in [0.25, 0.3) is 0 Å². The van der Waals surface area contributed by atoms with Gasteiger partial charge in [0.2, 0.25) is 0 Å². The summed E-state index contributed by atoms with van der Waals surface area (Å²) in [4.78, 5) is 2.53. The van der Waals surface area contributed by atoms with Gasteiger partial charge < -0.3 is 4.74 Å². The monoisotopic (exact) mass is 236 g/mol. The van der Waals surface area contributed by atoms with Crippen LogP contribution in [-0.2, 0) is 4.74 Å². The van der Waals surface area contributed by atoms with E-state index < -0.39 is 0 Å². The van der Waals surface area contributed by atoms with Crippen molar-refractivity contribution in [3.63, 3.8) is 0 Å². The van der Waals surface area contributed by atoms with Crippen LogP contribution in [0.4, 0.5) is 0 Å². The van der Waals surface area contributed by atoms with Crippen molar-refractivity contribution in [3.05, 3.63) is 0 Å². The molecule has 2 aliphatic rings. The Bertz CT molecular complexity index is 304. The third kappa shape index (κ3) is 2.34. The number of rotatable bonds is 3. The lowest BCUT2D eigenvalue weighted by atomic mass is 9.77. The Hall–Kier alpha value is -0.590. The number of piperidine rings is 1. The van der Waals surface area contributed by atoms with Gasteiger partial charge in [-0.05, 0) is 30.7 Å². The van der Waals surface area contributed by atoms with Crippen molar-refractivity contribution in [2.24, 2.45) is 17.8 Å². The molecule has 2 atom stereocenters. The molecular formula is C14H24N2O. The fourth-order valence-electron chi connectivity index (χ4n) is 3.28. The Morgan fingerprint density at radius 1 is 1.47 bits per heavy atom. The lowest BCUT2D eigenvalue weighted by molar-refractivity contribution is -0.154. The summed E-state index contributed by atoms with van der Waals surface area (Å²) < 4.78 is 5.37. The molecule has 0 radical (unpaired) electrons. The Balaban J connectivity index is 2.05. The van der Waals surface area contributed by atoms with Gasteiger partial charge in [0.05, 0.1) is 31.2 Å². The zero-order valence-corrected chi connectivity index (χ0v) is 11.3. The molecule has 2 fully saturated rings. The molecule has 2 aliphatic heterocycles. The Morgan fingerprint density at radius 3 is 2.65 bits per heavy atom. The van der Waals surface area contributed by atoms with Crippen LogP contribution in [0.15, 0.2) is 0 Å². The van der Waals surface area contributed by atoms with Crippen LogP contribution in [0, 0.1) is 29.1 Å². The van der Waals surface area contributed by atoms with Crippen LogP contribution in [0.3, 0.4) is 0 Å². The van der Waals surface area contributed by atoms with Crippen molar-refractivity contribution < 1.29 is 4.74 Å². The third-order valence-electron chi connectivity index (χ3n) is 4.69.